The molecule has 1 aliphatic heterocycles. The van der Waals surface area contributed by atoms with Crippen LogP contribution in [-0.2, 0) is 0 Å². The molecule has 0 radical (unpaired) electrons. The van der Waals surface area contributed by atoms with Gasteiger partial charge in [0, 0.05) is 31.9 Å². The highest BCUT2D eigenvalue weighted by atomic mass is 32.1. The van der Waals surface area contributed by atoms with Crippen LogP contribution >= 0.6 is 11.3 Å². The third-order valence-corrected chi connectivity index (χ3v) is 5.28. The van der Waals surface area contributed by atoms with E-state index in [4.69, 9.17) is 0 Å². The fourth-order valence-electron chi connectivity index (χ4n) is 2.85. The van der Waals surface area contributed by atoms with E-state index in [1.54, 1.807) is 11.0 Å². The Morgan fingerprint density at radius 3 is 2.60 bits per heavy atom. The molecule has 1 fully saturated rings. The van der Waals surface area contributed by atoms with Crippen molar-refractivity contribution in [1.29, 1.82) is 0 Å². The van der Waals surface area contributed by atoms with Gasteiger partial charge in [-0.05, 0) is 30.3 Å². The molecule has 128 valence electrons. The molecule has 1 aromatic heterocycles. The first-order valence-electron chi connectivity index (χ1n) is 8.11. The zero-order valence-corrected chi connectivity index (χ0v) is 14.3. The minimum atomic E-state index is -0.245. The molecule has 2 amide bonds. The van der Waals surface area contributed by atoms with Crippen molar-refractivity contribution in [2.24, 2.45) is 0 Å². The fourth-order valence-corrected chi connectivity index (χ4v) is 3.89. The molecule has 4 rings (SSSR count). The number of amides is 2. The molecule has 1 saturated heterocycles. The lowest BCUT2D eigenvalue weighted by Gasteiger charge is -2.34. The summed E-state index contributed by atoms with van der Waals surface area (Å²) in [6.45, 7) is 2.68. The van der Waals surface area contributed by atoms with E-state index >= 15 is 0 Å². The summed E-state index contributed by atoms with van der Waals surface area (Å²) in [5.74, 6) is -0.245. The van der Waals surface area contributed by atoms with E-state index in [9.17, 15) is 9.18 Å². The van der Waals surface area contributed by atoms with Crippen molar-refractivity contribution >= 4 is 38.4 Å². The second kappa shape index (κ2) is 6.68. The van der Waals surface area contributed by atoms with Crippen LogP contribution in [0, 0.1) is 5.82 Å². The molecule has 1 aliphatic rings. The summed E-state index contributed by atoms with van der Waals surface area (Å²) >= 11 is 1.49. The quantitative estimate of drug-likeness (QED) is 0.760. The van der Waals surface area contributed by atoms with Gasteiger partial charge in [-0.1, -0.05) is 29.5 Å². The number of aromatic nitrogens is 1. The minimum absolute atomic E-state index is 0.0859. The molecule has 1 N–H and O–H groups in total. The Kier molecular flexibility index (Phi) is 4.23. The first kappa shape index (κ1) is 15.8. The van der Waals surface area contributed by atoms with Gasteiger partial charge in [-0.3, -0.25) is 0 Å². The maximum Gasteiger partial charge on any atom is 0.321 e. The summed E-state index contributed by atoms with van der Waals surface area (Å²) < 4.78 is 14.2. The van der Waals surface area contributed by atoms with Crippen molar-refractivity contribution in [3.05, 3.63) is 54.3 Å². The van der Waals surface area contributed by atoms with Crippen molar-refractivity contribution in [1.82, 2.24) is 9.88 Å². The minimum Gasteiger partial charge on any atom is -0.345 e. The Morgan fingerprint density at radius 1 is 1.08 bits per heavy atom. The molecule has 0 saturated carbocycles. The molecule has 0 unspecified atom stereocenters. The van der Waals surface area contributed by atoms with Crippen LogP contribution in [0.15, 0.2) is 48.5 Å². The van der Waals surface area contributed by atoms with Crippen molar-refractivity contribution in [2.45, 2.75) is 0 Å². The number of hydrogen-bond donors (Lipinski definition) is 1. The standard InChI is InChI=1S/C18H17FN4OS/c19-13-6-7-15-16(12-13)25-18(21-15)23-10-8-22(9-11-23)17(24)20-14-4-2-1-3-5-14/h1-7,12H,8-11H2,(H,20,24). The van der Waals surface area contributed by atoms with Crippen LogP contribution in [0.25, 0.3) is 10.2 Å². The van der Waals surface area contributed by atoms with Crippen LogP contribution in [0.4, 0.5) is 20.0 Å². The van der Waals surface area contributed by atoms with Crippen molar-refractivity contribution in [3.63, 3.8) is 0 Å². The molecule has 0 spiro atoms. The van der Waals surface area contributed by atoms with Gasteiger partial charge >= 0.3 is 6.03 Å². The number of urea groups is 1. The predicted octanol–water partition coefficient (Wildman–Crippen LogP) is 3.79. The largest absolute Gasteiger partial charge is 0.345 e. The number of nitrogens with zero attached hydrogens (tertiary/aromatic N) is 3. The van der Waals surface area contributed by atoms with Crippen LogP contribution in [0.3, 0.4) is 0 Å². The van der Waals surface area contributed by atoms with Crippen LogP contribution in [-0.4, -0.2) is 42.1 Å². The summed E-state index contributed by atoms with van der Waals surface area (Å²) in [6.07, 6.45) is 0. The maximum absolute atomic E-state index is 13.3. The summed E-state index contributed by atoms with van der Waals surface area (Å²) in [7, 11) is 0. The topological polar surface area (TPSA) is 48.5 Å². The van der Waals surface area contributed by atoms with Gasteiger partial charge < -0.3 is 15.1 Å². The number of anilines is 2. The normalized spacial score (nSPS) is 14.8. The van der Waals surface area contributed by atoms with Gasteiger partial charge in [0.2, 0.25) is 0 Å². The lowest BCUT2D eigenvalue weighted by Crippen LogP contribution is -2.50. The first-order chi connectivity index (χ1) is 12.2. The van der Waals surface area contributed by atoms with E-state index in [1.165, 1.54) is 23.5 Å². The lowest BCUT2D eigenvalue weighted by atomic mass is 10.3. The van der Waals surface area contributed by atoms with E-state index in [0.29, 0.717) is 26.2 Å². The Bertz CT molecular complexity index is 890. The van der Waals surface area contributed by atoms with E-state index in [1.807, 2.05) is 30.3 Å². The fraction of sp³-hybridized carbons (Fsp3) is 0.222. The number of carbonyl (C=O) groups excluding carboxylic acids is 1. The smallest absolute Gasteiger partial charge is 0.321 e. The van der Waals surface area contributed by atoms with Crippen molar-refractivity contribution in [2.75, 3.05) is 36.4 Å². The number of fused-ring (bicyclic) bond motifs is 1. The first-order valence-corrected chi connectivity index (χ1v) is 8.93. The van der Waals surface area contributed by atoms with Crippen LogP contribution in [0.1, 0.15) is 0 Å². The monoisotopic (exact) mass is 356 g/mol. The molecule has 0 bridgehead atoms. The highest BCUT2D eigenvalue weighted by molar-refractivity contribution is 7.22. The van der Waals surface area contributed by atoms with Gasteiger partial charge in [-0.15, -0.1) is 0 Å². The van der Waals surface area contributed by atoms with E-state index in [2.05, 4.69) is 15.2 Å². The Balaban J connectivity index is 1.39. The number of thiazole rings is 1. The number of hydrogen-bond acceptors (Lipinski definition) is 4. The zero-order valence-electron chi connectivity index (χ0n) is 13.5. The summed E-state index contributed by atoms with van der Waals surface area (Å²) in [5.41, 5.74) is 1.61. The lowest BCUT2D eigenvalue weighted by molar-refractivity contribution is 0.208. The Morgan fingerprint density at radius 2 is 1.84 bits per heavy atom. The highest BCUT2D eigenvalue weighted by Crippen LogP contribution is 2.29. The average Bonchev–Trinajstić information content (AvgIpc) is 3.06. The number of rotatable bonds is 2. The number of benzene rings is 2. The number of para-hydroxylation sites is 1. The van der Waals surface area contributed by atoms with Gasteiger partial charge in [0.1, 0.15) is 5.82 Å². The third kappa shape index (κ3) is 3.41. The van der Waals surface area contributed by atoms with Crippen LogP contribution in [0.2, 0.25) is 0 Å². The van der Waals surface area contributed by atoms with Crippen LogP contribution in [0.5, 0.6) is 0 Å². The number of nitrogens with one attached hydrogen (secondary N) is 1. The van der Waals surface area contributed by atoms with E-state index in [0.717, 1.165) is 21.0 Å². The van der Waals surface area contributed by atoms with Crippen LogP contribution < -0.4 is 10.2 Å². The average molecular weight is 356 g/mol. The number of halogens is 1. The Hall–Kier alpha value is -2.67. The Labute approximate surface area is 148 Å². The molecule has 7 heteroatoms. The molecule has 3 aromatic rings. The second-order valence-electron chi connectivity index (χ2n) is 5.88. The predicted molar refractivity (Wildman–Crippen MR) is 98.8 cm³/mol. The molecular weight excluding hydrogens is 339 g/mol. The SMILES string of the molecule is O=C(Nc1ccccc1)N1CCN(c2nc3ccc(F)cc3s2)CC1. The van der Waals surface area contributed by atoms with E-state index in [-0.39, 0.29) is 11.8 Å². The maximum atomic E-state index is 13.3. The molecule has 0 aliphatic carbocycles. The van der Waals surface area contributed by atoms with Crippen molar-refractivity contribution in [3.8, 4) is 0 Å². The summed E-state index contributed by atoms with van der Waals surface area (Å²) in [6, 6.07) is 14.0. The summed E-state index contributed by atoms with van der Waals surface area (Å²) in [5, 5.41) is 3.79. The molecular formula is C18H17FN4OS. The molecule has 2 aromatic carbocycles. The van der Waals surface area contributed by atoms with Gasteiger partial charge in [0.25, 0.3) is 0 Å². The highest BCUT2D eigenvalue weighted by Gasteiger charge is 2.23. The molecule has 5 nitrogen and oxygen atoms in total. The van der Waals surface area contributed by atoms with Gasteiger partial charge in [-0.25, -0.2) is 14.2 Å². The number of carbonyl (C=O) groups is 1. The second-order valence-corrected chi connectivity index (χ2v) is 6.89. The zero-order chi connectivity index (χ0) is 17.2. The van der Waals surface area contributed by atoms with Gasteiger partial charge in [0.05, 0.1) is 10.2 Å². The van der Waals surface area contributed by atoms with Gasteiger partial charge in [-0.2, -0.15) is 0 Å². The van der Waals surface area contributed by atoms with Gasteiger partial charge in [0.15, 0.2) is 5.13 Å². The molecule has 25 heavy (non-hydrogen) atoms. The molecule has 0 atom stereocenters. The van der Waals surface area contributed by atoms with Crippen molar-refractivity contribution < 1.29 is 9.18 Å². The molecule has 2 heterocycles. The number of piperazine rings is 1. The third-order valence-electron chi connectivity index (χ3n) is 4.20. The van der Waals surface area contributed by atoms with E-state index < -0.39 is 0 Å². The summed E-state index contributed by atoms with van der Waals surface area (Å²) in [4.78, 5) is 20.9.